The van der Waals surface area contributed by atoms with Crippen LogP contribution in [0.1, 0.15) is 15.9 Å². The minimum atomic E-state index is -0.410. The van der Waals surface area contributed by atoms with Crippen molar-refractivity contribution in [2.75, 3.05) is 14.2 Å². The molecule has 0 saturated carbocycles. The second kappa shape index (κ2) is 4.33. The Balaban J connectivity index is 3.15. The van der Waals surface area contributed by atoms with Gasteiger partial charge < -0.3 is 9.47 Å². The number of esters is 1. The average Bonchev–Trinajstić information content (AvgIpc) is 2.26. The predicted molar refractivity (Wildman–Crippen MR) is 52.3 cm³/mol. The Morgan fingerprint density at radius 3 is 2.64 bits per heavy atom. The molecule has 0 heterocycles. The summed E-state index contributed by atoms with van der Waals surface area (Å²) in [7, 11) is 2.82. The summed E-state index contributed by atoms with van der Waals surface area (Å²) < 4.78 is 9.58. The van der Waals surface area contributed by atoms with Crippen molar-refractivity contribution in [3.8, 4) is 18.1 Å². The van der Waals surface area contributed by atoms with Crippen LogP contribution in [0.25, 0.3) is 0 Å². The molecular formula is C11H10O3. The highest BCUT2D eigenvalue weighted by atomic mass is 16.5. The van der Waals surface area contributed by atoms with E-state index in [4.69, 9.17) is 11.2 Å². The zero-order valence-corrected chi connectivity index (χ0v) is 8.03. The Morgan fingerprint density at radius 1 is 1.43 bits per heavy atom. The Kier molecular flexibility index (Phi) is 3.14. The third-order valence-corrected chi connectivity index (χ3v) is 1.78. The lowest BCUT2D eigenvalue weighted by molar-refractivity contribution is 0.0600. The minimum absolute atomic E-state index is 0.410. The van der Waals surface area contributed by atoms with Gasteiger partial charge in [-0.05, 0) is 18.2 Å². The smallest absolute Gasteiger partial charge is 0.337 e. The van der Waals surface area contributed by atoms with Crippen molar-refractivity contribution in [3.63, 3.8) is 0 Å². The quantitative estimate of drug-likeness (QED) is 0.523. The van der Waals surface area contributed by atoms with Gasteiger partial charge in [0.15, 0.2) is 0 Å². The van der Waals surface area contributed by atoms with E-state index in [2.05, 4.69) is 10.7 Å². The highest BCUT2D eigenvalue weighted by molar-refractivity contribution is 5.90. The van der Waals surface area contributed by atoms with E-state index in [-0.39, 0.29) is 0 Å². The molecule has 0 unspecified atom stereocenters. The van der Waals surface area contributed by atoms with Crippen molar-refractivity contribution in [1.29, 1.82) is 0 Å². The van der Waals surface area contributed by atoms with E-state index in [1.165, 1.54) is 14.2 Å². The van der Waals surface area contributed by atoms with E-state index < -0.39 is 5.97 Å². The second-order valence-corrected chi connectivity index (χ2v) is 2.55. The first-order chi connectivity index (χ1) is 6.72. The first-order valence-corrected chi connectivity index (χ1v) is 3.96. The molecule has 72 valence electrons. The Morgan fingerprint density at radius 2 is 2.14 bits per heavy atom. The molecule has 0 aliphatic carbocycles. The number of carbonyl (C=O) groups is 1. The van der Waals surface area contributed by atoms with E-state index >= 15 is 0 Å². The molecule has 0 aromatic heterocycles. The summed E-state index contributed by atoms with van der Waals surface area (Å²) in [5.74, 6) is 2.54. The number of carbonyl (C=O) groups excluding carboxylic acids is 1. The van der Waals surface area contributed by atoms with Crippen LogP contribution in [0.15, 0.2) is 18.2 Å². The van der Waals surface area contributed by atoms with Gasteiger partial charge in [0.1, 0.15) is 5.75 Å². The maximum absolute atomic E-state index is 11.2. The molecule has 0 aliphatic heterocycles. The number of rotatable bonds is 2. The van der Waals surface area contributed by atoms with Crippen LogP contribution in [0.3, 0.4) is 0 Å². The molecule has 3 nitrogen and oxygen atoms in total. The summed E-state index contributed by atoms with van der Waals surface area (Å²) in [6.07, 6.45) is 5.24. The van der Waals surface area contributed by atoms with E-state index in [0.717, 1.165) is 0 Å². The lowest BCUT2D eigenvalue weighted by atomic mass is 10.1. The molecule has 0 amide bonds. The molecule has 14 heavy (non-hydrogen) atoms. The van der Waals surface area contributed by atoms with Crippen LogP contribution in [0.4, 0.5) is 0 Å². The summed E-state index contributed by atoms with van der Waals surface area (Å²) >= 11 is 0. The Labute approximate surface area is 82.6 Å². The van der Waals surface area contributed by atoms with Gasteiger partial charge >= 0.3 is 5.97 Å². The normalized spacial score (nSPS) is 8.93. The van der Waals surface area contributed by atoms with Crippen molar-refractivity contribution in [1.82, 2.24) is 0 Å². The molecule has 0 bridgehead atoms. The maximum atomic E-state index is 11.2. The largest absolute Gasteiger partial charge is 0.495 e. The molecule has 1 aromatic carbocycles. The maximum Gasteiger partial charge on any atom is 0.337 e. The van der Waals surface area contributed by atoms with E-state index in [1.807, 2.05) is 0 Å². The van der Waals surface area contributed by atoms with Gasteiger partial charge in [-0.2, -0.15) is 0 Å². The van der Waals surface area contributed by atoms with Crippen molar-refractivity contribution in [2.24, 2.45) is 0 Å². The zero-order valence-electron chi connectivity index (χ0n) is 8.03. The van der Waals surface area contributed by atoms with E-state index in [0.29, 0.717) is 16.9 Å². The lowest BCUT2D eigenvalue weighted by Gasteiger charge is -2.05. The topological polar surface area (TPSA) is 35.5 Å². The fourth-order valence-electron chi connectivity index (χ4n) is 1.06. The van der Waals surface area contributed by atoms with Crippen molar-refractivity contribution < 1.29 is 14.3 Å². The van der Waals surface area contributed by atoms with Gasteiger partial charge in [0, 0.05) is 0 Å². The van der Waals surface area contributed by atoms with Gasteiger partial charge in [-0.1, -0.05) is 5.92 Å². The number of hydrogen-bond acceptors (Lipinski definition) is 3. The standard InChI is InChI=1S/C11H10O3/c1-4-8-5-6-9(11(12)14-3)7-10(8)13-2/h1,5-7H,2-3H3. The SMILES string of the molecule is C#Cc1ccc(C(=O)OC)cc1OC. The predicted octanol–water partition coefficient (Wildman–Crippen LogP) is 1.46. The summed E-state index contributed by atoms with van der Waals surface area (Å²) in [6.45, 7) is 0. The van der Waals surface area contributed by atoms with Gasteiger partial charge in [-0.25, -0.2) is 4.79 Å². The number of hydrogen-bond donors (Lipinski definition) is 0. The van der Waals surface area contributed by atoms with Crippen LogP contribution in [0, 0.1) is 12.3 Å². The van der Waals surface area contributed by atoms with Crippen LogP contribution in [-0.2, 0) is 4.74 Å². The Bertz CT molecular complexity index is 388. The summed E-state index contributed by atoms with van der Waals surface area (Å²) in [5, 5.41) is 0. The van der Waals surface area contributed by atoms with Gasteiger partial charge in [-0.15, -0.1) is 6.42 Å². The monoisotopic (exact) mass is 190 g/mol. The molecule has 1 rings (SSSR count). The molecule has 0 aliphatic rings. The van der Waals surface area contributed by atoms with Gasteiger partial charge in [0.05, 0.1) is 25.3 Å². The van der Waals surface area contributed by atoms with Crippen LogP contribution in [-0.4, -0.2) is 20.2 Å². The first kappa shape index (κ1) is 10.1. The number of terminal acetylenes is 1. The van der Waals surface area contributed by atoms with Gasteiger partial charge in [0.25, 0.3) is 0 Å². The lowest BCUT2D eigenvalue weighted by Crippen LogP contribution is -2.01. The third kappa shape index (κ3) is 1.86. The fourth-order valence-corrected chi connectivity index (χ4v) is 1.06. The van der Waals surface area contributed by atoms with Gasteiger partial charge in [0.2, 0.25) is 0 Å². The fraction of sp³-hybridized carbons (Fsp3) is 0.182. The highest BCUT2D eigenvalue weighted by Crippen LogP contribution is 2.19. The first-order valence-electron chi connectivity index (χ1n) is 3.96. The minimum Gasteiger partial charge on any atom is -0.495 e. The van der Waals surface area contributed by atoms with E-state index in [9.17, 15) is 4.79 Å². The zero-order chi connectivity index (χ0) is 10.6. The van der Waals surface area contributed by atoms with Gasteiger partial charge in [-0.3, -0.25) is 0 Å². The van der Waals surface area contributed by atoms with E-state index in [1.54, 1.807) is 18.2 Å². The van der Waals surface area contributed by atoms with Crippen molar-refractivity contribution in [3.05, 3.63) is 29.3 Å². The summed E-state index contributed by atoms with van der Waals surface area (Å²) in [5.41, 5.74) is 1.03. The van der Waals surface area contributed by atoms with Crippen LogP contribution in [0.2, 0.25) is 0 Å². The van der Waals surface area contributed by atoms with Crippen LogP contribution in [0.5, 0.6) is 5.75 Å². The number of methoxy groups -OCH3 is 2. The summed E-state index contributed by atoms with van der Waals surface area (Å²) in [6, 6.07) is 4.80. The molecular weight excluding hydrogens is 180 g/mol. The second-order valence-electron chi connectivity index (χ2n) is 2.55. The number of benzene rings is 1. The van der Waals surface area contributed by atoms with Crippen molar-refractivity contribution >= 4 is 5.97 Å². The van der Waals surface area contributed by atoms with Crippen molar-refractivity contribution in [2.45, 2.75) is 0 Å². The highest BCUT2D eigenvalue weighted by Gasteiger charge is 2.08. The molecule has 0 fully saturated rings. The molecule has 0 radical (unpaired) electrons. The Hall–Kier alpha value is -1.95. The molecule has 1 aromatic rings. The molecule has 3 heteroatoms. The number of ether oxygens (including phenoxy) is 2. The van der Waals surface area contributed by atoms with Crippen LogP contribution >= 0.6 is 0 Å². The molecule has 0 spiro atoms. The molecule has 0 N–H and O–H groups in total. The van der Waals surface area contributed by atoms with Crippen LogP contribution < -0.4 is 4.74 Å². The average molecular weight is 190 g/mol. The summed E-state index contributed by atoms with van der Waals surface area (Å²) in [4.78, 5) is 11.2. The molecule has 0 atom stereocenters. The third-order valence-electron chi connectivity index (χ3n) is 1.78. The molecule has 0 saturated heterocycles.